The average molecular weight is 287 g/mol. The predicted octanol–water partition coefficient (Wildman–Crippen LogP) is 2.41. The number of halogens is 1. The van der Waals surface area contributed by atoms with Crippen LogP contribution in [0, 0.1) is 0 Å². The molecule has 0 heterocycles. The van der Waals surface area contributed by atoms with E-state index >= 15 is 0 Å². The predicted molar refractivity (Wildman–Crippen MR) is 71.3 cm³/mol. The molecule has 3 nitrogen and oxygen atoms in total. The summed E-state index contributed by atoms with van der Waals surface area (Å²) in [6.45, 7) is 6.71. The van der Waals surface area contributed by atoms with E-state index in [0.29, 0.717) is 12.2 Å². The first-order valence-electron chi connectivity index (χ1n) is 5.53. The Morgan fingerprint density at radius 1 is 1.38 bits per heavy atom. The van der Waals surface area contributed by atoms with Crippen molar-refractivity contribution in [2.45, 2.75) is 20.0 Å². The normalized spacial score (nSPS) is 13.1. The number of nitrogen functional groups attached to an aromatic ring is 1. The number of benzene rings is 1. The minimum atomic E-state index is -0.477. The number of nitrogens with two attached hydrogens (primary N) is 1. The van der Waals surface area contributed by atoms with Crippen molar-refractivity contribution in [1.82, 2.24) is 4.90 Å². The second-order valence-electron chi connectivity index (χ2n) is 3.78. The van der Waals surface area contributed by atoms with E-state index in [4.69, 9.17) is 5.73 Å². The molecule has 0 spiro atoms. The quantitative estimate of drug-likeness (QED) is 0.818. The van der Waals surface area contributed by atoms with E-state index in [1.807, 2.05) is 18.2 Å². The number of hydrogen-bond acceptors (Lipinski definition) is 3. The summed E-state index contributed by atoms with van der Waals surface area (Å²) in [7, 11) is 0. The zero-order valence-corrected chi connectivity index (χ0v) is 11.4. The number of rotatable bonds is 5. The lowest BCUT2D eigenvalue weighted by Crippen LogP contribution is -2.28. The molecule has 1 atom stereocenters. The van der Waals surface area contributed by atoms with Crippen molar-refractivity contribution in [2.75, 3.05) is 25.4 Å². The van der Waals surface area contributed by atoms with Crippen LogP contribution in [0.15, 0.2) is 22.7 Å². The third-order valence-corrected chi connectivity index (χ3v) is 3.45. The summed E-state index contributed by atoms with van der Waals surface area (Å²) >= 11 is 3.34. The molecule has 0 radical (unpaired) electrons. The highest BCUT2D eigenvalue weighted by atomic mass is 79.9. The molecule has 1 unspecified atom stereocenters. The fraction of sp³-hybridized carbons (Fsp3) is 0.500. The lowest BCUT2D eigenvalue weighted by Gasteiger charge is -2.22. The van der Waals surface area contributed by atoms with Gasteiger partial charge in [0.25, 0.3) is 0 Å². The maximum absolute atomic E-state index is 10.1. The molecule has 0 aliphatic rings. The van der Waals surface area contributed by atoms with E-state index in [1.54, 1.807) is 0 Å². The van der Waals surface area contributed by atoms with Gasteiger partial charge in [-0.15, -0.1) is 0 Å². The van der Waals surface area contributed by atoms with E-state index in [9.17, 15) is 5.11 Å². The highest BCUT2D eigenvalue weighted by Crippen LogP contribution is 2.24. The number of hydrogen-bond donors (Lipinski definition) is 2. The molecule has 0 bridgehead atoms. The van der Waals surface area contributed by atoms with Gasteiger partial charge in [0.15, 0.2) is 0 Å². The number of aliphatic hydroxyl groups excluding tert-OH is 1. The van der Waals surface area contributed by atoms with Crippen molar-refractivity contribution < 1.29 is 5.11 Å². The molecule has 90 valence electrons. The van der Waals surface area contributed by atoms with E-state index in [1.165, 1.54) is 0 Å². The number of nitrogens with zero attached hydrogens (tertiary/aromatic N) is 1. The Bertz CT molecular complexity index is 340. The van der Waals surface area contributed by atoms with Gasteiger partial charge in [-0.25, -0.2) is 0 Å². The largest absolute Gasteiger partial charge is 0.398 e. The molecule has 1 rings (SSSR count). The molecular formula is C12H19BrN2O. The van der Waals surface area contributed by atoms with E-state index < -0.39 is 6.10 Å². The average Bonchev–Trinajstić information content (AvgIpc) is 2.29. The SMILES string of the molecule is CCN(CC)CC(O)c1ccc(Br)c(N)c1. The maximum atomic E-state index is 10.1. The molecule has 4 heteroatoms. The van der Waals surface area contributed by atoms with Crippen molar-refractivity contribution >= 4 is 21.6 Å². The summed E-state index contributed by atoms with van der Waals surface area (Å²) in [5.41, 5.74) is 7.31. The Morgan fingerprint density at radius 3 is 2.50 bits per heavy atom. The van der Waals surface area contributed by atoms with Gasteiger partial charge in [-0.2, -0.15) is 0 Å². The summed E-state index contributed by atoms with van der Waals surface area (Å²) in [6.07, 6.45) is -0.477. The van der Waals surface area contributed by atoms with Crippen molar-refractivity contribution in [3.05, 3.63) is 28.2 Å². The second kappa shape index (κ2) is 6.23. The Balaban J connectivity index is 2.72. The van der Waals surface area contributed by atoms with Crippen molar-refractivity contribution in [1.29, 1.82) is 0 Å². The van der Waals surface area contributed by atoms with Gasteiger partial charge in [0.05, 0.1) is 6.10 Å². The zero-order valence-electron chi connectivity index (χ0n) is 9.78. The lowest BCUT2D eigenvalue weighted by molar-refractivity contribution is 0.119. The van der Waals surface area contributed by atoms with E-state index in [2.05, 4.69) is 34.7 Å². The van der Waals surface area contributed by atoms with Crippen LogP contribution in [-0.2, 0) is 0 Å². The second-order valence-corrected chi connectivity index (χ2v) is 4.64. The summed E-state index contributed by atoms with van der Waals surface area (Å²) < 4.78 is 0.867. The van der Waals surface area contributed by atoms with Gasteiger partial charge in [0, 0.05) is 16.7 Å². The van der Waals surface area contributed by atoms with E-state index in [-0.39, 0.29) is 0 Å². The molecule has 1 aromatic carbocycles. The van der Waals surface area contributed by atoms with Gasteiger partial charge in [0.1, 0.15) is 0 Å². The monoisotopic (exact) mass is 286 g/mol. The van der Waals surface area contributed by atoms with Gasteiger partial charge < -0.3 is 15.7 Å². The molecular weight excluding hydrogens is 268 g/mol. The molecule has 0 saturated carbocycles. The Hall–Kier alpha value is -0.580. The van der Waals surface area contributed by atoms with Crippen LogP contribution in [0.4, 0.5) is 5.69 Å². The summed E-state index contributed by atoms with van der Waals surface area (Å²) in [5, 5.41) is 10.1. The minimum absolute atomic E-state index is 0.477. The molecule has 0 saturated heterocycles. The van der Waals surface area contributed by atoms with Crippen LogP contribution in [0.25, 0.3) is 0 Å². The third kappa shape index (κ3) is 3.47. The van der Waals surface area contributed by atoms with Crippen molar-refractivity contribution in [2.24, 2.45) is 0 Å². The fourth-order valence-electron chi connectivity index (χ4n) is 1.60. The van der Waals surface area contributed by atoms with Crippen LogP contribution >= 0.6 is 15.9 Å². The highest BCUT2D eigenvalue weighted by molar-refractivity contribution is 9.10. The van der Waals surface area contributed by atoms with Gasteiger partial charge in [-0.05, 0) is 46.7 Å². The van der Waals surface area contributed by atoms with Crippen LogP contribution < -0.4 is 5.73 Å². The van der Waals surface area contributed by atoms with Crippen LogP contribution in [0.3, 0.4) is 0 Å². The van der Waals surface area contributed by atoms with Crippen molar-refractivity contribution in [3.63, 3.8) is 0 Å². The minimum Gasteiger partial charge on any atom is -0.398 e. The summed E-state index contributed by atoms with van der Waals surface area (Å²) in [5.74, 6) is 0. The fourth-order valence-corrected chi connectivity index (χ4v) is 1.85. The van der Waals surface area contributed by atoms with Crippen LogP contribution in [0.1, 0.15) is 25.5 Å². The molecule has 0 aliphatic heterocycles. The molecule has 0 aromatic heterocycles. The smallest absolute Gasteiger partial charge is 0.0917 e. The molecule has 0 fully saturated rings. The lowest BCUT2D eigenvalue weighted by atomic mass is 10.1. The summed E-state index contributed by atoms with van der Waals surface area (Å²) in [6, 6.07) is 5.59. The van der Waals surface area contributed by atoms with Crippen LogP contribution in [0.5, 0.6) is 0 Å². The van der Waals surface area contributed by atoms with E-state index in [0.717, 1.165) is 23.1 Å². The molecule has 16 heavy (non-hydrogen) atoms. The third-order valence-electron chi connectivity index (χ3n) is 2.73. The first kappa shape index (κ1) is 13.5. The molecule has 0 amide bonds. The van der Waals surface area contributed by atoms with Crippen LogP contribution in [0.2, 0.25) is 0 Å². The number of aliphatic hydroxyl groups is 1. The Labute approximate surface area is 105 Å². The Kier molecular flexibility index (Phi) is 5.25. The molecule has 1 aromatic rings. The van der Waals surface area contributed by atoms with Gasteiger partial charge >= 0.3 is 0 Å². The number of anilines is 1. The molecule has 0 aliphatic carbocycles. The number of likely N-dealkylation sites (N-methyl/N-ethyl adjacent to an activating group) is 1. The standard InChI is InChI=1S/C12H19BrN2O/c1-3-15(4-2)8-12(16)9-5-6-10(13)11(14)7-9/h5-7,12,16H,3-4,8,14H2,1-2H3. The van der Waals surface area contributed by atoms with Gasteiger partial charge in [-0.1, -0.05) is 19.9 Å². The molecule has 3 N–H and O–H groups in total. The van der Waals surface area contributed by atoms with Crippen molar-refractivity contribution in [3.8, 4) is 0 Å². The maximum Gasteiger partial charge on any atom is 0.0917 e. The first-order valence-corrected chi connectivity index (χ1v) is 6.33. The first-order chi connectivity index (χ1) is 7.58. The Morgan fingerprint density at radius 2 is 2.00 bits per heavy atom. The topological polar surface area (TPSA) is 49.5 Å². The van der Waals surface area contributed by atoms with Crippen LogP contribution in [-0.4, -0.2) is 29.6 Å². The van der Waals surface area contributed by atoms with Gasteiger partial charge in [-0.3, -0.25) is 0 Å². The highest BCUT2D eigenvalue weighted by Gasteiger charge is 2.12. The summed E-state index contributed by atoms with van der Waals surface area (Å²) in [4.78, 5) is 2.18. The van der Waals surface area contributed by atoms with Gasteiger partial charge in [0.2, 0.25) is 0 Å². The zero-order chi connectivity index (χ0) is 12.1.